The highest BCUT2D eigenvalue weighted by molar-refractivity contribution is 9.10. The molecule has 0 amide bonds. The number of halogens is 2. The van der Waals surface area contributed by atoms with Gasteiger partial charge < -0.3 is 38.8 Å². The molecular formula is C26H27BrClNO7. The van der Waals surface area contributed by atoms with Crippen molar-refractivity contribution in [1.29, 1.82) is 0 Å². The van der Waals surface area contributed by atoms with Crippen molar-refractivity contribution in [3.63, 3.8) is 0 Å². The van der Waals surface area contributed by atoms with Crippen LogP contribution in [0.15, 0.2) is 53.0 Å². The Hall–Kier alpha value is -2.85. The van der Waals surface area contributed by atoms with Crippen molar-refractivity contribution in [2.45, 2.75) is 19.2 Å². The Labute approximate surface area is 223 Å². The molecular weight excluding hydrogens is 554 g/mol. The van der Waals surface area contributed by atoms with Crippen molar-refractivity contribution in [3.8, 4) is 34.5 Å². The third-order valence-electron chi connectivity index (χ3n) is 5.72. The molecule has 0 fully saturated rings. The Balaban J connectivity index is 0.00000304. The van der Waals surface area contributed by atoms with Gasteiger partial charge >= 0.3 is 0 Å². The molecule has 0 saturated heterocycles. The molecule has 0 aliphatic carbocycles. The largest absolute Gasteiger partial charge is 0.493 e. The van der Waals surface area contributed by atoms with E-state index in [4.69, 9.17) is 28.4 Å². The summed E-state index contributed by atoms with van der Waals surface area (Å²) >= 11 is 3.58. The lowest BCUT2D eigenvalue weighted by molar-refractivity contribution is 0.105. The molecule has 2 aliphatic heterocycles. The summed E-state index contributed by atoms with van der Waals surface area (Å²) in [7, 11) is 1.59. The zero-order chi connectivity index (χ0) is 24.2. The van der Waals surface area contributed by atoms with E-state index in [9.17, 15) is 5.11 Å². The summed E-state index contributed by atoms with van der Waals surface area (Å²) in [5.74, 6) is 3.97. The van der Waals surface area contributed by atoms with Crippen LogP contribution in [0.5, 0.6) is 34.5 Å². The molecule has 0 radical (unpaired) electrons. The number of rotatable bonds is 9. The molecule has 10 heteroatoms. The normalized spacial score (nSPS) is 14.1. The number of nitrogens with one attached hydrogen (secondary N) is 1. The van der Waals surface area contributed by atoms with Crippen LogP contribution < -0.4 is 33.7 Å². The van der Waals surface area contributed by atoms with E-state index < -0.39 is 6.10 Å². The SMILES string of the molecule is COc1cc(CNCc2ccc3c(c2)OCO3)cc(Br)c1OCC(O)c1ccc2c(c1)OCCO2.Cl. The Kier molecular flexibility index (Phi) is 8.68. The molecule has 8 nitrogen and oxygen atoms in total. The minimum Gasteiger partial charge on any atom is -0.493 e. The fourth-order valence-corrected chi connectivity index (χ4v) is 4.55. The summed E-state index contributed by atoms with van der Waals surface area (Å²) < 4.78 is 34.2. The van der Waals surface area contributed by atoms with Gasteiger partial charge in [0.1, 0.15) is 25.9 Å². The average molecular weight is 581 g/mol. The second-order valence-electron chi connectivity index (χ2n) is 8.13. The lowest BCUT2D eigenvalue weighted by Gasteiger charge is -2.21. The molecule has 192 valence electrons. The minimum absolute atomic E-state index is 0. The van der Waals surface area contributed by atoms with Gasteiger partial charge in [-0.25, -0.2) is 0 Å². The fraction of sp³-hybridized carbons (Fsp3) is 0.308. The molecule has 3 aromatic carbocycles. The standard InChI is InChI=1S/C26H26BrNO7.ClH/c1-30-25-10-17(13-28-12-16-2-4-22-23(9-16)35-15-34-22)8-19(27)26(25)33-14-20(29)18-3-5-21-24(11-18)32-7-6-31-21;/h2-5,8-11,20,28-29H,6-7,12-15H2,1H3;1H. The van der Waals surface area contributed by atoms with Gasteiger partial charge in [-0.1, -0.05) is 12.1 Å². The number of aliphatic hydroxyl groups excluding tert-OH is 1. The molecule has 2 heterocycles. The first-order chi connectivity index (χ1) is 17.1. The van der Waals surface area contributed by atoms with Crippen LogP contribution >= 0.6 is 28.3 Å². The van der Waals surface area contributed by atoms with Crippen molar-refractivity contribution in [1.82, 2.24) is 5.32 Å². The highest BCUT2D eigenvalue weighted by atomic mass is 79.9. The van der Waals surface area contributed by atoms with Crippen molar-refractivity contribution >= 4 is 28.3 Å². The lowest BCUT2D eigenvalue weighted by atomic mass is 10.1. The van der Waals surface area contributed by atoms with E-state index in [0.717, 1.165) is 27.1 Å². The van der Waals surface area contributed by atoms with Crippen LogP contribution in [0.1, 0.15) is 22.8 Å². The third-order valence-corrected chi connectivity index (χ3v) is 6.31. The zero-order valence-corrected chi connectivity index (χ0v) is 22.0. The maximum Gasteiger partial charge on any atom is 0.231 e. The van der Waals surface area contributed by atoms with Gasteiger partial charge in [-0.15, -0.1) is 12.4 Å². The van der Waals surface area contributed by atoms with Crippen molar-refractivity contribution < 1.29 is 33.5 Å². The molecule has 0 aromatic heterocycles. The first-order valence-corrected chi connectivity index (χ1v) is 12.1. The smallest absolute Gasteiger partial charge is 0.231 e. The van der Waals surface area contributed by atoms with E-state index in [1.807, 2.05) is 36.4 Å². The van der Waals surface area contributed by atoms with Gasteiger partial charge in [0.05, 0.1) is 11.6 Å². The summed E-state index contributed by atoms with van der Waals surface area (Å²) in [4.78, 5) is 0. The molecule has 1 unspecified atom stereocenters. The highest BCUT2D eigenvalue weighted by Crippen LogP contribution is 2.38. The second-order valence-corrected chi connectivity index (χ2v) is 8.98. The van der Waals surface area contributed by atoms with E-state index in [1.165, 1.54) is 0 Å². The summed E-state index contributed by atoms with van der Waals surface area (Å²) in [6.45, 7) is 2.64. The number of ether oxygens (including phenoxy) is 6. The van der Waals surface area contributed by atoms with Gasteiger partial charge in [0, 0.05) is 13.1 Å². The van der Waals surface area contributed by atoms with Crippen LogP contribution in [0.3, 0.4) is 0 Å². The van der Waals surface area contributed by atoms with Gasteiger partial charge in [0.25, 0.3) is 0 Å². The number of benzene rings is 3. The monoisotopic (exact) mass is 579 g/mol. The molecule has 36 heavy (non-hydrogen) atoms. The minimum atomic E-state index is -0.842. The van der Waals surface area contributed by atoms with Gasteiger partial charge in [-0.3, -0.25) is 0 Å². The maximum atomic E-state index is 10.7. The van der Waals surface area contributed by atoms with E-state index in [1.54, 1.807) is 19.2 Å². The van der Waals surface area contributed by atoms with Crippen LogP contribution in [0.25, 0.3) is 0 Å². The first kappa shape index (κ1) is 26.2. The lowest BCUT2D eigenvalue weighted by Crippen LogP contribution is -2.16. The molecule has 2 N–H and O–H groups in total. The van der Waals surface area contributed by atoms with E-state index in [0.29, 0.717) is 54.9 Å². The molecule has 3 aromatic rings. The van der Waals surface area contributed by atoms with E-state index in [-0.39, 0.29) is 25.8 Å². The molecule has 5 rings (SSSR count). The highest BCUT2D eigenvalue weighted by Gasteiger charge is 2.18. The Bertz CT molecular complexity index is 1210. The summed E-state index contributed by atoms with van der Waals surface area (Å²) in [5, 5.41) is 14.1. The fourth-order valence-electron chi connectivity index (χ4n) is 3.94. The quantitative estimate of drug-likeness (QED) is 0.374. The topological polar surface area (TPSA) is 87.6 Å². The van der Waals surface area contributed by atoms with Gasteiger partial charge in [-0.05, 0) is 69.0 Å². The third kappa shape index (κ3) is 5.92. The number of hydrogen-bond acceptors (Lipinski definition) is 8. The van der Waals surface area contributed by atoms with Crippen molar-refractivity contribution in [2.24, 2.45) is 0 Å². The Morgan fingerprint density at radius 3 is 2.42 bits per heavy atom. The average Bonchev–Trinajstić information content (AvgIpc) is 3.35. The van der Waals surface area contributed by atoms with E-state index >= 15 is 0 Å². The van der Waals surface area contributed by atoms with Crippen LogP contribution in [-0.4, -0.2) is 38.8 Å². The first-order valence-electron chi connectivity index (χ1n) is 11.3. The molecule has 1 atom stereocenters. The maximum absolute atomic E-state index is 10.7. The number of aliphatic hydroxyl groups is 1. The zero-order valence-electron chi connectivity index (χ0n) is 19.6. The summed E-state index contributed by atoms with van der Waals surface area (Å²) in [6, 6.07) is 15.2. The molecule has 0 bridgehead atoms. The predicted molar refractivity (Wildman–Crippen MR) is 139 cm³/mol. The van der Waals surface area contributed by atoms with Crippen LogP contribution in [0.4, 0.5) is 0 Å². The van der Waals surface area contributed by atoms with Crippen LogP contribution in [-0.2, 0) is 13.1 Å². The number of fused-ring (bicyclic) bond motifs is 2. The van der Waals surface area contributed by atoms with Gasteiger partial charge in [0.2, 0.25) is 6.79 Å². The van der Waals surface area contributed by atoms with Crippen molar-refractivity contribution in [2.75, 3.05) is 33.7 Å². The molecule has 2 aliphatic rings. The van der Waals surface area contributed by atoms with Gasteiger partial charge in [-0.2, -0.15) is 0 Å². The molecule has 0 saturated carbocycles. The Morgan fingerprint density at radius 2 is 1.58 bits per heavy atom. The molecule has 0 spiro atoms. The van der Waals surface area contributed by atoms with Crippen LogP contribution in [0.2, 0.25) is 0 Å². The Morgan fingerprint density at radius 1 is 0.889 bits per heavy atom. The van der Waals surface area contributed by atoms with Gasteiger partial charge in [0.15, 0.2) is 34.5 Å². The summed E-state index contributed by atoms with van der Waals surface area (Å²) in [5.41, 5.74) is 2.82. The second kappa shape index (κ2) is 11.9. The summed E-state index contributed by atoms with van der Waals surface area (Å²) in [6.07, 6.45) is -0.842. The number of hydrogen-bond donors (Lipinski definition) is 2. The predicted octanol–water partition coefficient (Wildman–Crippen LogP) is 4.78. The van der Waals surface area contributed by atoms with Crippen LogP contribution in [0, 0.1) is 0 Å². The van der Waals surface area contributed by atoms with E-state index in [2.05, 4.69) is 21.2 Å². The number of methoxy groups -OCH3 is 1. The van der Waals surface area contributed by atoms with Crippen molar-refractivity contribution in [3.05, 3.63) is 69.7 Å².